The first-order valence-corrected chi connectivity index (χ1v) is 5.68. The van der Waals surface area contributed by atoms with Crippen molar-refractivity contribution in [3.63, 3.8) is 0 Å². The summed E-state index contributed by atoms with van der Waals surface area (Å²) in [6.07, 6.45) is 2.21. The van der Waals surface area contributed by atoms with Crippen LogP contribution in [0, 0.1) is 0 Å². The minimum absolute atomic E-state index is 0.0255. The van der Waals surface area contributed by atoms with Gasteiger partial charge in [0.25, 0.3) is 0 Å². The van der Waals surface area contributed by atoms with Crippen molar-refractivity contribution in [2.45, 2.75) is 19.0 Å². The van der Waals surface area contributed by atoms with Gasteiger partial charge in [0, 0.05) is 33.2 Å². The molecule has 0 aliphatic carbocycles. The summed E-state index contributed by atoms with van der Waals surface area (Å²) in [6.45, 7) is 2.79. The van der Waals surface area contributed by atoms with E-state index in [-0.39, 0.29) is 11.9 Å². The standard InChI is InChI=1S/C10H17N5O2/c1-17-5-4-15-7-13-14-9(15)6-8-10(16)12-3-2-11-8/h7-8,11H,2-6H2,1H3,(H,12,16). The van der Waals surface area contributed by atoms with Gasteiger partial charge in [-0.15, -0.1) is 10.2 Å². The second-order valence-electron chi connectivity index (χ2n) is 3.94. The molecule has 7 nitrogen and oxygen atoms in total. The summed E-state index contributed by atoms with van der Waals surface area (Å²) in [7, 11) is 1.65. The Hall–Kier alpha value is -1.47. The predicted molar refractivity (Wildman–Crippen MR) is 60.4 cm³/mol. The SMILES string of the molecule is COCCn1cnnc1CC1NCCNC1=O. The maximum atomic E-state index is 11.6. The predicted octanol–water partition coefficient (Wildman–Crippen LogP) is -1.44. The number of carbonyl (C=O) groups excluding carboxylic acids is 1. The molecule has 0 aromatic carbocycles. The lowest BCUT2D eigenvalue weighted by Crippen LogP contribution is -2.54. The van der Waals surface area contributed by atoms with Crippen LogP contribution in [0.4, 0.5) is 0 Å². The number of nitrogens with one attached hydrogen (secondary N) is 2. The molecule has 0 radical (unpaired) electrons. The van der Waals surface area contributed by atoms with Crippen LogP contribution in [-0.4, -0.2) is 53.5 Å². The zero-order valence-electron chi connectivity index (χ0n) is 9.85. The van der Waals surface area contributed by atoms with Crippen LogP contribution in [0.15, 0.2) is 6.33 Å². The first-order chi connectivity index (χ1) is 8.31. The fraction of sp³-hybridized carbons (Fsp3) is 0.700. The Labute approximate surface area is 99.5 Å². The average Bonchev–Trinajstić information content (AvgIpc) is 2.77. The molecule has 0 saturated carbocycles. The molecular weight excluding hydrogens is 222 g/mol. The molecule has 94 valence electrons. The van der Waals surface area contributed by atoms with Gasteiger partial charge < -0.3 is 19.9 Å². The van der Waals surface area contributed by atoms with E-state index in [9.17, 15) is 4.79 Å². The topological polar surface area (TPSA) is 81.1 Å². The molecule has 0 bridgehead atoms. The van der Waals surface area contributed by atoms with Crippen molar-refractivity contribution in [2.24, 2.45) is 0 Å². The molecule has 0 spiro atoms. The van der Waals surface area contributed by atoms with E-state index < -0.39 is 0 Å². The smallest absolute Gasteiger partial charge is 0.237 e. The molecule has 1 aliphatic heterocycles. The summed E-state index contributed by atoms with van der Waals surface area (Å²) in [4.78, 5) is 11.6. The number of amides is 1. The molecule has 2 rings (SSSR count). The van der Waals surface area contributed by atoms with Crippen molar-refractivity contribution < 1.29 is 9.53 Å². The second-order valence-corrected chi connectivity index (χ2v) is 3.94. The number of methoxy groups -OCH3 is 1. The first-order valence-electron chi connectivity index (χ1n) is 5.68. The second kappa shape index (κ2) is 5.74. The van der Waals surface area contributed by atoms with E-state index in [2.05, 4.69) is 20.8 Å². The lowest BCUT2D eigenvalue weighted by atomic mass is 10.1. The van der Waals surface area contributed by atoms with E-state index in [0.29, 0.717) is 26.1 Å². The molecule has 1 saturated heterocycles. The monoisotopic (exact) mass is 239 g/mol. The summed E-state index contributed by atoms with van der Waals surface area (Å²) in [5, 5.41) is 13.9. The molecule has 1 atom stereocenters. The van der Waals surface area contributed by atoms with Crippen molar-refractivity contribution in [1.29, 1.82) is 0 Å². The van der Waals surface area contributed by atoms with Crippen LogP contribution in [0.1, 0.15) is 5.82 Å². The van der Waals surface area contributed by atoms with Gasteiger partial charge in [-0.05, 0) is 0 Å². The molecule has 1 amide bonds. The maximum Gasteiger partial charge on any atom is 0.237 e. The highest BCUT2D eigenvalue weighted by atomic mass is 16.5. The Balaban J connectivity index is 1.97. The van der Waals surface area contributed by atoms with Crippen molar-refractivity contribution >= 4 is 5.91 Å². The van der Waals surface area contributed by atoms with Gasteiger partial charge in [0.2, 0.25) is 5.91 Å². The number of ether oxygens (including phenoxy) is 1. The largest absolute Gasteiger partial charge is 0.383 e. The van der Waals surface area contributed by atoms with E-state index in [0.717, 1.165) is 12.4 Å². The maximum absolute atomic E-state index is 11.6. The third-order valence-corrected chi connectivity index (χ3v) is 2.75. The number of carbonyl (C=O) groups is 1. The minimum Gasteiger partial charge on any atom is -0.383 e. The summed E-state index contributed by atoms with van der Waals surface area (Å²) in [5.74, 6) is 0.828. The highest BCUT2D eigenvalue weighted by Crippen LogP contribution is 2.02. The quantitative estimate of drug-likeness (QED) is 0.657. The summed E-state index contributed by atoms with van der Waals surface area (Å²) in [5.41, 5.74) is 0. The van der Waals surface area contributed by atoms with Gasteiger partial charge in [-0.25, -0.2) is 0 Å². The van der Waals surface area contributed by atoms with Crippen LogP contribution in [0.25, 0.3) is 0 Å². The lowest BCUT2D eigenvalue weighted by molar-refractivity contribution is -0.124. The van der Waals surface area contributed by atoms with Gasteiger partial charge in [-0.2, -0.15) is 0 Å². The minimum atomic E-state index is -0.214. The van der Waals surface area contributed by atoms with Crippen molar-refractivity contribution in [3.05, 3.63) is 12.2 Å². The van der Waals surface area contributed by atoms with Crippen LogP contribution in [0.2, 0.25) is 0 Å². The van der Waals surface area contributed by atoms with Crippen LogP contribution >= 0.6 is 0 Å². The highest BCUT2D eigenvalue weighted by Gasteiger charge is 2.23. The van der Waals surface area contributed by atoms with Gasteiger partial charge in [-0.3, -0.25) is 4.79 Å². The fourth-order valence-electron chi connectivity index (χ4n) is 1.81. The lowest BCUT2D eigenvalue weighted by Gasteiger charge is -2.23. The average molecular weight is 239 g/mol. The molecule has 17 heavy (non-hydrogen) atoms. The summed E-state index contributed by atoms with van der Waals surface area (Å²) < 4.78 is 6.92. The van der Waals surface area contributed by atoms with E-state index in [4.69, 9.17) is 4.74 Å². The van der Waals surface area contributed by atoms with E-state index in [1.165, 1.54) is 0 Å². The number of aromatic nitrogens is 3. The van der Waals surface area contributed by atoms with Gasteiger partial charge in [0.05, 0.1) is 12.6 Å². The molecule has 1 unspecified atom stereocenters. The third-order valence-electron chi connectivity index (χ3n) is 2.75. The van der Waals surface area contributed by atoms with Gasteiger partial charge in [-0.1, -0.05) is 0 Å². The third kappa shape index (κ3) is 3.01. The molecular formula is C10H17N5O2. The zero-order chi connectivity index (χ0) is 12.1. The van der Waals surface area contributed by atoms with Crippen molar-refractivity contribution in [3.8, 4) is 0 Å². The fourth-order valence-corrected chi connectivity index (χ4v) is 1.81. The molecule has 1 aliphatic rings. The van der Waals surface area contributed by atoms with Gasteiger partial charge >= 0.3 is 0 Å². The van der Waals surface area contributed by atoms with E-state index in [1.54, 1.807) is 13.4 Å². The van der Waals surface area contributed by atoms with E-state index >= 15 is 0 Å². The number of hydrogen-bond acceptors (Lipinski definition) is 5. The van der Waals surface area contributed by atoms with Crippen LogP contribution in [0.5, 0.6) is 0 Å². The van der Waals surface area contributed by atoms with Crippen LogP contribution in [-0.2, 0) is 22.5 Å². The Kier molecular flexibility index (Phi) is 4.05. The van der Waals surface area contributed by atoms with Gasteiger partial charge in [0.1, 0.15) is 12.2 Å². The summed E-state index contributed by atoms with van der Waals surface area (Å²) >= 11 is 0. The molecule has 2 heterocycles. The van der Waals surface area contributed by atoms with Crippen molar-refractivity contribution in [2.75, 3.05) is 26.8 Å². The van der Waals surface area contributed by atoms with Crippen LogP contribution in [0.3, 0.4) is 0 Å². The Morgan fingerprint density at radius 1 is 1.59 bits per heavy atom. The molecule has 1 aromatic heterocycles. The molecule has 1 fully saturated rings. The van der Waals surface area contributed by atoms with E-state index in [1.807, 2.05) is 4.57 Å². The number of hydrogen-bond donors (Lipinski definition) is 2. The molecule has 1 aromatic rings. The number of rotatable bonds is 5. The van der Waals surface area contributed by atoms with Crippen LogP contribution < -0.4 is 10.6 Å². The molecule has 7 heteroatoms. The normalized spacial score (nSPS) is 20.3. The molecule has 2 N–H and O–H groups in total. The Morgan fingerprint density at radius 2 is 2.47 bits per heavy atom. The zero-order valence-corrected chi connectivity index (χ0v) is 9.85. The Morgan fingerprint density at radius 3 is 3.24 bits per heavy atom. The number of piperazine rings is 1. The van der Waals surface area contributed by atoms with Gasteiger partial charge in [0.15, 0.2) is 0 Å². The van der Waals surface area contributed by atoms with Crippen molar-refractivity contribution in [1.82, 2.24) is 25.4 Å². The summed E-state index contributed by atoms with van der Waals surface area (Å²) in [6, 6.07) is -0.214. The Bertz CT molecular complexity index is 379. The first kappa shape index (κ1) is 12.0. The number of nitrogens with zero attached hydrogens (tertiary/aromatic N) is 3. The highest BCUT2D eigenvalue weighted by molar-refractivity contribution is 5.82.